The molecule has 0 fully saturated rings. The minimum atomic E-state index is -1.21. The Hall–Kier alpha value is -3.39. The molecule has 30 heavy (non-hydrogen) atoms. The highest BCUT2D eigenvalue weighted by Crippen LogP contribution is 2.34. The van der Waals surface area contributed by atoms with Crippen LogP contribution in [0, 0.1) is 0 Å². The smallest absolute Gasteiger partial charge is 0.337 e. The summed E-state index contributed by atoms with van der Waals surface area (Å²) in [6, 6.07) is 8.89. The van der Waals surface area contributed by atoms with Crippen LogP contribution in [0.25, 0.3) is 0 Å². The number of nitrogens with zero attached hydrogens (tertiary/aromatic N) is 1. The fourth-order valence-corrected chi connectivity index (χ4v) is 3.25. The highest BCUT2D eigenvalue weighted by molar-refractivity contribution is 6.33. The number of ether oxygens (including phenoxy) is 1. The molecule has 1 unspecified atom stereocenters. The van der Waals surface area contributed by atoms with Crippen LogP contribution in [-0.2, 0) is 9.59 Å². The van der Waals surface area contributed by atoms with Gasteiger partial charge in [-0.2, -0.15) is 0 Å². The summed E-state index contributed by atoms with van der Waals surface area (Å²) >= 11 is 5.80. The van der Waals surface area contributed by atoms with Crippen LogP contribution in [0.2, 0.25) is 5.02 Å². The van der Waals surface area contributed by atoms with Crippen LogP contribution < -0.4 is 15.0 Å². The van der Waals surface area contributed by atoms with Crippen LogP contribution in [0.4, 0.5) is 11.4 Å². The Kier molecular flexibility index (Phi) is 6.07. The number of halogens is 1. The zero-order valence-corrected chi connectivity index (χ0v) is 17.0. The molecular weight excluding hydrogens is 412 g/mol. The first-order valence-electron chi connectivity index (χ1n) is 9.11. The van der Waals surface area contributed by atoms with Gasteiger partial charge in [0.2, 0.25) is 5.91 Å². The van der Waals surface area contributed by atoms with E-state index in [0.29, 0.717) is 17.0 Å². The number of carboxylic acids is 1. The highest BCUT2D eigenvalue weighted by atomic mass is 35.5. The molecule has 1 atom stereocenters. The van der Waals surface area contributed by atoms with Crippen LogP contribution >= 0.6 is 11.6 Å². The Morgan fingerprint density at radius 2 is 1.90 bits per heavy atom. The average Bonchev–Trinajstić information content (AvgIpc) is 2.71. The Morgan fingerprint density at radius 3 is 2.60 bits per heavy atom. The summed E-state index contributed by atoms with van der Waals surface area (Å²) in [5, 5.41) is 11.7. The monoisotopic (exact) mass is 430 g/mol. The van der Waals surface area contributed by atoms with E-state index in [4.69, 9.17) is 21.4 Å². The van der Waals surface area contributed by atoms with E-state index in [1.165, 1.54) is 23.1 Å². The Morgan fingerprint density at radius 1 is 1.17 bits per heavy atom. The number of hydrogen-bond acceptors (Lipinski definition) is 5. The third-order valence-electron chi connectivity index (χ3n) is 4.68. The first kappa shape index (κ1) is 21.3. The van der Waals surface area contributed by atoms with Crippen LogP contribution in [0.1, 0.15) is 40.5 Å². The molecule has 0 saturated heterocycles. The molecule has 3 rings (SSSR count). The summed E-state index contributed by atoms with van der Waals surface area (Å²) in [5.41, 5.74) is 0.999. The maximum atomic E-state index is 12.5. The van der Waals surface area contributed by atoms with Crippen LogP contribution in [-0.4, -0.2) is 41.8 Å². The molecule has 0 bridgehead atoms. The predicted molar refractivity (Wildman–Crippen MR) is 111 cm³/mol. The van der Waals surface area contributed by atoms with Gasteiger partial charge >= 0.3 is 5.97 Å². The van der Waals surface area contributed by atoms with Gasteiger partial charge in [-0.25, -0.2) is 4.79 Å². The number of hydrogen-bond donors (Lipinski definition) is 2. The summed E-state index contributed by atoms with van der Waals surface area (Å²) in [5.74, 6) is -1.62. The molecule has 0 spiro atoms. The molecule has 1 aliphatic rings. The van der Waals surface area contributed by atoms with Gasteiger partial charge < -0.3 is 20.1 Å². The molecule has 2 aromatic rings. The maximum absolute atomic E-state index is 12.5. The molecule has 2 N–H and O–H groups in total. The second-order valence-electron chi connectivity index (χ2n) is 6.81. The fraction of sp³-hybridized carbons (Fsp3) is 0.238. The predicted octanol–water partition coefficient (Wildman–Crippen LogP) is 3.38. The number of fused-ring (bicyclic) bond motifs is 1. The van der Waals surface area contributed by atoms with E-state index in [9.17, 15) is 19.2 Å². The van der Waals surface area contributed by atoms with Crippen molar-refractivity contribution in [2.45, 2.75) is 25.9 Å². The lowest BCUT2D eigenvalue weighted by Gasteiger charge is -2.30. The van der Waals surface area contributed by atoms with Gasteiger partial charge in [0, 0.05) is 31.1 Å². The molecule has 9 heteroatoms. The zero-order chi connectivity index (χ0) is 22.0. The zero-order valence-electron chi connectivity index (χ0n) is 16.3. The SMILES string of the molecule is CC1Oc2ccc(C(=O)CCC(=O)Nc3ccc(Cl)c(C(=O)O)c3)cc2N(C)C1=O. The van der Waals surface area contributed by atoms with E-state index in [2.05, 4.69) is 5.32 Å². The first-order valence-corrected chi connectivity index (χ1v) is 9.49. The second kappa shape index (κ2) is 8.54. The Labute approximate surface area is 177 Å². The third-order valence-corrected chi connectivity index (χ3v) is 5.01. The number of carboxylic acid groups (broad SMARTS) is 1. The number of carbonyl (C=O) groups excluding carboxylic acids is 3. The van der Waals surface area contributed by atoms with Gasteiger partial charge in [-0.15, -0.1) is 0 Å². The standard InChI is InChI=1S/C21H19ClN2O6/c1-11-20(27)24(2)16-9-12(3-7-18(16)30-11)17(25)6-8-19(26)23-13-4-5-15(22)14(10-13)21(28)29/h3-5,7,9-11H,6,8H2,1-2H3,(H,23,26)(H,28,29). The number of ketones is 1. The van der Waals surface area contributed by atoms with Gasteiger partial charge in [0.15, 0.2) is 11.9 Å². The number of likely N-dealkylation sites (N-methyl/N-ethyl adjacent to an activating group) is 1. The average molecular weight is 431 g/mol. The van der Waals surface area contributed by atoms with Crippen molar-refractivity contribution in [3.05, 3.63) is 52.5 Å². The van der Waals surface area contributed by atoms with E-state index in [1.807, 2.05) is 0 Å². The summed E-state index contributed by atoms with van der Waals surface area (Å²) in [7, 11) is 1.61. The van der Waals surface area contributed by atoms with Crippen molar-refractivity contribution in [1.82, 2.24) is 0 Å². The largest absolute Gasteiger partial charge is 0.479 e. The van der Waals surface area contributed by atoms with Crippen molar-refractivity contribution in [3.63, 3.8) is 0 Å². The second-order valence-corrected chi connectivity index (χ2v) is 7.22. The van der Waals surface area contributed by atoms with Crippen LogP contribution in [0.3, 0.4) is 0 Å². The number of rotatable bonds is 6. The first-order chi connectivity index (χ1) is 14.2. The van der Waals surface area contributed by atoms with E-state index >= 15 is 0 Å². The number of carbonyl (C=O) groups is 4. The summed E-state index contributed by atoms with van der Waals surface area (Å²) in [4.78, 5) is 49.3. The van der Waals surface area contributed by atoms with Gasteiger partial charge in [0.25, 0.3) is 5.91 Å². The molecule has 8 nitrogen and oxygen atoms in total. The number of Topliss-reactive ketones (excluding diaryl/α,β-unsaturated/α-hetero) is 1. The van der Waals surface area contributed by atoms with Gasteiger partial charge in [0.1, 0.15) is 5.75 Å². The third kappa shape index (κ3) is 4.44. The Balaban J connectivity index is 1.63. The summed E-state index contributed by atoms with van der Waals surface area (Å²) < 4.78 is 5.53. The molecule has 0 saturated carbocycles. The van der Waals surface area contributed by atoms with Gasteiger partial charge in [-0.3, -0.25) is 14.4 Å². The van der Waals surface area contributed by atoms with Crippen molar-refractivity contribution in [2.75, 3.05) is 17.3 Å². The molecule has 0 aromatic heterocycles. The van der Waals surface area contributed by atoms with E-state index in [-0.39, 0.29) is 40.8 Å². The lowest BCUT2D eigenvalue weighted by atomic mass is 10.0. The number of amides is 2. The highest BCUT2D eigenvalue weighted by Gasteiger charge is 2.29. The van der Waals surface area contributed by atoms with Gasteiger partial charge in [0.05, 0.1) is 16.3 Å². The van der Waals surface area contributed by atoms with E-state index < -0.39 is 18.0 Å². The Bertz CT molecular complexity index is 1050. The number of nitrogens with one attached hydrogen (secondary N) is 1. The van der Waals surface area contributed by atoms with Gasteiger partial charge in [-0.05, 0) is 43.3 Å². The van der Waals surface area contributed by atoms with Crippen molar-refractivity contribution < 1.29 is 29.0 Å². The molecule has 1 aliphatic heterocycles. The van der Waals surface area contributed by atoms with E-state index in [1.54, 1.807) is 32.2 Å². The van der Waals surface area contributed by atoms with Crippen molar-refractivity contribution >= 4 is 46.5 Å². The molecule has 1 heterocycles. The lowest BCUT2D eigenvalue weighted by Crippen LogP contribution is -2.42. The van der Waals surface area contributed by atoms with Crippen LogP contribution in [0.15, 0.2) is 36.4 Å². The van der Waals surface area contributed by atoms with Crippen molar-refractivity contribution in [2.24, 2.45) is 0 Å². The van der Waals surface area contributed by atoms with Gasteiger partial charge in [-0.1, -0.05) is 11.6 Å². The number of anilines is 2. The number of aromatic carboxylic acids is 1. The number of benzene rings is 2. The van der Waals surface area contributed by atoms with Crippen molar-refractivity contribution in [3.8, 4) is 5.75 Å². The minimum Gasteiger partial charge on any atom is -0.479 e. The maximum Gasteiger partial charge on any atom is 0.337 e. The fourth-order valence-electron chi connectivity index (χ4n) is 3.05. The molecule has 2 aromatic carbocycles. The topological polar surface area (TPSA) is 113 Å². The van der Waals surface area contributed by atoms with Crippen LogP contribution in [0.5, 0.6) is 5.75 Å². The van der Waals surface area contributed by atoms with Crippen molar-refractivity contribution in [1.29, 1.82) is 0 Å². The summed E-state index contributed by atoms with van der Waals surface area (Å²) in [6.07, 6.45) is -0.746. The molecular formula is C21H19ClN2O6. The minimum absolute atomic E-state index is 0.0566. The normalized spacial score (nSPS) is 15.2. The molecule has 0 aliphatic carbocycles. The lowest BCUT2D eigenvalue weighted by molar-refractivity contribution is -0.125. The quantitative estimate of drug-likeness (QED) is 0.679. The summed E-state index contributed by atoms with van der Waals surface area (Å²) in [6.45, 7) is 1.65. The van der Waals surface area contributed by atoms with E-state index in [0.717, 1.165) is 0 Å². The molecule has 0 radical (unpaired) electrons. The molecule has 2 amide bonds. The molecule has 156 valence electrons.